The lowest BCUT2D eigenvalue weighted by molar-refractivity contribution is -0.384. The zero-order valence-electron chi connectivity index (χ0n) is 14.0. The van der Waals surface area contributed by atoms with Gasteiger partial charge in [0.25, 0.3) is 11.6 Å². The number of benzene rings is 1. The molecule has 0 bridgehead atoms. The van der Waals surface area contributed by atoms with Gasteiger partial charge >= 0.3 is 0 Å². The van der Waals surface area contributed by atoms with Crippen molar-refractivity contribution in [3.8, 4) is 6.07 Å². The van der Waals surface area contributed by atoms with Crippen LogP contribution in [0.2, 0.25) is 5.02 Å². The van der Waals surface area contributed by atoms with Gasteiger partial charge in [0.2, 0.25) is 0 Å². The van der Waals surface area contributed by atoms with Crippen molar-refractivity contribution in [3.05, 3.63) is 45.1 Å². The maximum absolute atomic E-state index is 12.1. The van der Waals surface area contributed by atoms with Gasteiger partial charge in [-0.25, -0.2) is 0 Å². The molecule has 1 fully saturated rings. The Morgan fingerprint density at radius 1 is 1.46 bits per heavy atom. The number of hydrogen-bond acceptors (Lipinski definition) is 7. The number of carbonyl (C=O) groups excluding carboxylic acids is 1. The van der Waals surface area contributed by atoms with E-state index in [1.807, 2.05) is 6.07 Å². The van der Waals surface area contributed by atoms with Crippen LogP contribution in [0.15, 0.2) is 30.0 Å². The summed E-state index contributed by atoms with van der Waals surface area (Å²) in [5.41, 5.74) is -0.0329. The van der Waals surface area contributed by atoms with Crippen molar-refractivity contribution in [2.45, 2.75) is 0 Å². The zero-order chi connectivity index (χ0) is 18.9. The number of nitro groups is 1. The molecular formula is C16H19ClN6O3. The third-order valence-corrected chi connectivity index (χ3v) is 4.13. The van der Waals surface area contributed by atoms with Crippen LogP contribution in [-0.2, 0) is 4.79 Å². The second-order valence-corrected chi connectivity index (χ2v) is 5.99. The summed E-state index contributed by atoms with van der Waals surface area (Å²) in [6, 6.07) is 5.93. The fourth-order valence-corrected chi connectivity index (χ4v) is 2.59. The lowest BCUT2D eigenvalue weighted by atomic mass is 10.2. The molecule has 0 aromatic heterocycles. The van der Waals surface area contributed by atoms with Crippen molar-refractivity contribution < 1.29 is 9.72 Å². The highest BCUT2D eigenvalue weighted by atomic mass is 35.5. The molecule has 1 aromatic rings. The smallest absolute Gasteiger partial charge is 0.289 e. The van der Waals surface area contributed by atoms with Gasteiger partial charge in [-0.15, -0.1) is 0 Å². The Kier molecular flexibility index (Phi) is 7.35. The molecule has 26 heavy (non-hydrogen) atoms. The Labute approximate surface area is 155 Å². The van der Waals surface area contributed by atoms with Gasteiger partial charge in [-0.1, -0.05) is 11.6 Å². The molecule has 0 aliphatic carbocycles. The standard InChI is InChI=1S/C16H19ClN6O3/c17-14-2-1-13(9-15(14)23(25)26)21-11-12(10-18)16(24)20-5-8-22-6-3-19-4-7-22/h1-2,9,11,19,21H,3-8H2,(H,20,24)/b12-11-. The molecule has 1 aliphatic rings. The Hall–Kier alpha value is -2.67. The second kappa shape index (κ2) is 9.72. The van der Waals surface area contributed by atoms with E-state index in [-0.39, 0.29) is 16.3 Å². The van der Waals surface area contributed by atoms with E-state index in [0.717, 1.165) is 26.2 Å². The first-order chi connectivity index (χ1) is 12.5. The van der Waals surface area contributed by atoms with Crippen LogP contribution in [0.4, 0.5) is 11.4 Å². The van der Waals surface area contributed by atoms with Crippen LogP contribution < -0.4 is 16.0 Å². The molecule has 0 saturated carbocycles. The first-order valence-corrected chi connectivity index (χ1v) is 8.41. The van der Waals surface area contributed by atoms with Crippen LogP contribution in [0.5, 0.6) is 0 Å². The van der Waals surface area contributed by atoms with Gasteiger partial charge in [-0.2, -0.15) is 5.26 Å². The molecule has 9 nitrogen and oxygen atoms in total. The van der Waals surface area contributed by atoms with Crippen LogP contribution in [0.1, 0.15) is 0 Å². The quantitative estimate of drug-likeness (QED) is 0.281. The first-order valence-electron chi connectivity index (χ1n) is 8.03. The van der Waals surface area contributed by atoms with E-state index in [2.05, 4.69) is 20.9 Å². The summed E-state index contributed by atoms with van der Waals surface area (Å²) >= 11 is 5.74. The monoisotopic (exact) mass is 378 g/mol. The fourth-order valence-electron chi connectivity index (χ4n) is 2.40. The number of amides is 1. The van der Waals surface area contributed by atoms with Crippen LogP contribution in [0.3, 0.4) is 0 Å². The average Bonchev–Trinajstić information content (AvgIpc) is 2.64. The number of rotatable bonds is 7. The number of nitro benzene ring substituents is 1. The highest BCUT2D eigenvalue weighted by molar-refractivity contribution is 6.32. The third-order valence-electron chi connectivity index (χ3n) is 3.81. The van der Waals surface area contributed by atoms with E-state index in [1.165, 1.54) is 24.4 Å². The van der Waals surface area contributed by atoms with Crippen molar-refractivity contribution in [2.24, 2.45) is 0 Å². The lowest BCUT2D eigenvalue weighted by Gasteiger charge is -2.27. The van der Waals surface area contributed by atoms with Crippen molar-refractivity contribution in [3.63, 3.8) is 0 Å². The molecule has 138 valence electrons. The Morgan fingerprint density at radius 2 is 2.19 bits per heavy atom. The third kappa shape index (κ3) is 5.70. The molecule has 0 unspecified atom stereocenters. The molecular weight excluding hydrogens is 360 g/mol. The van der Waals surface area contributed by atoms with Gasteiger partial charge in [0, 0.05) is 57.2 Å². The van der Waals surface area contributed by atoms with E-state index in [0.29, 0.717) is 18.8 Å². The number of hydrogen-bond donors (Lipinski definition) is 3. The molecule has 0 radical (unpaired) electrons. The van der Waals surface area contributed by atoms with Crippen molar-refractivity contribution in [1.82, 2.24) is 15.5 Å². The molecule has 1 amide bonds. The summed E-state index contributed by atoms with van der Waals surface area (Å²) in [4.78, 5) is 24.6. The Morgan fingerprint density at radius 3 is 2.85 bits per heavy atom. The van der Waals surface area contributed by atoms with Gasteiger partial charge in [0.15, 0.2) is 0 Å². The number of piperazine rings is 1. The van der Waals surface area contributed by atoms with Gasteiger partial charge in [-0.3, -0.25) is 19.8 Å². The van der Waals surface area contributed by atoms with Crippen molar-refractivity contribution in [1.29, 1.82) is 5.26 Å². The summed E-state index contributed by atoms with van der Waals surface area (Å²) < 4.78 is 0. The molecule has 1 saturated heterocycles. The Balaban J connectivity index is 1.90. The lowest BCUT2D eigenvalue weighted by Crippen LogP contribution is -2.46. The predicted octanol–water partition coefficient (Wildman–Crippen LogP) is 1.09. The number of nitriles is 1. The van der Waals surface area contributed by atoms with Crippen LogP contribution in [-0.4, -0.2) is 55.0 Å². The number of halogens is 1. The van der Waals surface area contributed by atoms with Gasteiger partial charge in [-0.05, 0) is 12.1 Å². The second-order valence-electron chi connectivity index (χ2n) is 5.58. The highest BCUT2D eigenvalue weighted by Crippen LogP contribution is 2.27. The predicted molar refractivity (Wildman–Crippen MR) is 97.7 cm³/mol. The minimum atomic E-state index is -0.606. The number of carbonyl (C=O) groups is 1. The molecule has 1 aliphatic heterocycles. The maximum Gasteiger partial charge on any atom is 0.289 e. The maximum atomic E-state index is 12.1. The van der Waals surface area contributed by atoms with E-state index >= 15 is 0 Å². The highest BCUT2D eigenvalue weighted by Gasteiger charge is 2.14. The molecule has 1 aromatic carbocycles. The van der Waals surface area contributed by atoms with Crippen LogP contribution in [0, 0.1) is 21.4 Å². The number of nitrogens with one attached hydrogen (secondary N) is 3. The van der Waals surface area contributed by atoms with Crippen molar-refractivity contribution in [2.75, 3.05) is 44.6 Å². The molecule has 3 N–H and O–H groups in total. The summed E-state index contributed by atoms with van der Waals surface area (Å²) in [5, 5.41) is 28.7. The molecule has 10 heteroatoms. The van der Waals surface area contributed by atoms with E-state index in [4.69, 9.17) is 16.9 Å². The Bertz CT molecular complexity index is 740. The van der Waals surface area contributed by atoms with Gasteiger partial charge in [0.05, 0.1) is 4.92 Å². The van der Waals surface area contributed by atoms with Crippen LogP contribution >= 0.6 is 11.6 Å². The molecule has 0 atom stereocenters. The van der Waals surface area contributed by atoms with Crippen molar-refractivity contribution >= 4 is 28.9 Å². The van der Waals surface area contributed by atoms with E-state index in [1.54, 1.807) is 0 Å². The number of nitrogens with zero attached hydrogens (tertiary/aromatic N) is 3. The molecule has 0 spiro atoms. The summed E-state index contributed by atoms with van der Waals surface area (Å²) in [7, 11) is 0. The molecule has 2 rings (SSSR count). The van der Waals surface area contributed by atoms with E-state index in [9.17, 15) is 14.9 Å². The summed E-state index contributed by atoms with van der Waals surface area (Å²) in [6.45, 7) is 4.84. The first kappa shape index (κ1) is 19.7. The van der Waals surface area contributed by atoms with Gasteiger partial charge < -0.3 is 16.0 Å². The zero-order valence-corrected chi connectivity index (χ0v) is 14.8. The summed E-state index contributed by atoms with van der Waals surface area (Å²) in [5.74, 6) is -0.501. The minimum absolute atomic E-state index is 0.00990. The van der Waals surface area contributed by atoms with Crippen LogP contribution in [0.25, 0.3) is 0 Å². The average molecular weight is 379 g/mol. The van der Waals surface area contributed by atoms with Gasteiger partial charge in [0.1, 0.15) is 16.7 Å². The largest absolute Gasteiger partial charge is 0.360 e. The molecule has 1 heterocycles. The van der Waals surface area contributed by atoms with E-state index < -0.39 is 10.8 Å². The normalized spacial score (nSPS) is 15.2. The topological polar surface area (TPSA) is 123 Å². The fraction of sp³-hybridized carbons (Fsp3) is 0.375. The summed E-state index contributed by atoms with van der Waals surface area (Å²) in [6.07, 6.45) is 1.22. The SMILES string of the molecule is N#C/C(=C/Nc1ccc(Cl)c([N+](=O)[O-])c1)C(=O)NCCN1CCNCC1. The minimum Gasteiger partial charge on any atom is -0.360 e. The number of anilines is 1.